The van der Waals surface area contributed by atoms with E-state index in [0.29, 0.717) is 21.1 Å². The SMILES string of the molecule is Cc1ccc(Sc2ccc(/C=C3\C(=N)N4N=C(COc5ccccc5)SC4=NC3=O)o2)cc1. The monoisotopic (exact) mass is 474 g/mol. The number of furan rings is 1. The smallest absolute Gasteiger partial charge is 0.283 e. The van der Waals surface area contributed by atoms with E-state index in [1.807, 2.05) is 67.6 Å². The number of aliphatic imine (C=N–C) groups is 1. The summed E-state index contributed by atoms with van der Waals surface area (Å²) in [7, 11) is 0. The van der Waals surface area contributed by atoms with Crippen LogP contribution in [0.2, 0.25) is 0 Å². The van der Waals surface area contributed by atoms with Crippen LogP contribution in [-0.2, 0) is 4.79 Å². The molecule has 0 aliphatic carbocycles. The van der Waals surface area contributed by atoms with Crippen molar-refractivity contribution in [2.24, 2.45) is 10.1 Å². The number of fused-ring (bicyclic) bond motifs is 1. The fraction of sp³-hybridized carbons (Fsp3) is 0.0833. The number of ether oxygens (including phenoxy) is 1. The minimum Gasteiger partial charge on any atom is -0.487 e. The third-order valence-corrected chi connectivity index (χ3v) is 6.54. The minimum absolute atomic E-state index is 0.0450. The maximum absolute atomic E-state index is 12.6. The van der Waals surface area contributed by atoms with Gasteiger partial charge in [0.25, 0.3) is 5.91 Å². The summed E-state index contributed by atoms with van der Waals surface area (Å²) in [5.41, 5.74) is 1.31. The van der Waals surface area contributed by atoms with Gasteiger partial charge < -0.3 is 9.15 Å². The second-order valence-electron chi connectivity index (χ2n) is 7.19. The van der Waals surface area contributed by atoms with Crippen molar-refractivity contribution in [3.05, 3.63) is 83.6 Å². The molecule has 0 radical (unpaired) electrons. The lowest BCUT2D eigenvalue weighted by Crippen LogP contribution is -2.35. The number of thioether (sulfide) groups is 1. The normalized spacial score (nSPS) is 16.6. The molecule has 0 atom stereocenters. The topological polar surface area (TPSA) is 91.3 Å². The number of carbonyl (C=O) groups is 1. The van der Waals surface area contributed by atoms with Crippen LogP contribution in [0.4, 0.5) is 0 Å². The van der Waals surface area contributed by atoms with E-state index in [9.17, 15) is 4.79 Å². The number of hydrogen-bond acceptors (Lipinski definition) is 7. The van der Waals surface area contributed by atoms with Crippen LogP contribution in [0.5, 0.6) is 5.75 Å². The van der Waals surface area contributed by atoms with Crippen molar-refractivity contribution in [2.45, 2.75) is 16.9 Å². The Morgan fingerprint density at radius 1 is 1.12 bits per heavy atom. The average molecular weight is 475 g/mol. The number of benzene rings is 2. The van der Waals surface area contributed by atoms with Crippen LogP contribution in [0.15, 0.2) is 96.8 Å². The van der Waals surface area contributed by atoms with E-state index in [1.54, 1.807) is 6.07 Å². The Morgan fingerprint density at radius 3 is 2.70 bits per heavy atom. The maximum atomic E-state index is 12.6. The van der Waals surface area contributed by atoms with Gasteiger partial charge in [0.15, 0.2) is 10.9 Å². The van der Waals surface area contributed by atoms with Crippen LogP contribution in [-0.4, -0.2) is 33.6 Å². The minimum atomic E-state index is -0.497. The average Bonchev–Trinajstić information content (AvgIpc) is 3.44. The third kappa shape index (κ3) is 4.79. The van der Waals surface area contributed by atoms with Gasteiger partial charge in [-0.05, 0) is 61.2 Å². The Morgan fingerprint density at radius 2 is 1.91 bits per heavy atom. The first-order valence-corrected chi connectivity index (χ1v) is 11.7. The van der Waals surface area contributed by atoms with E-state index in [1.165, 1.54) is 40.2 Å². The molecule has 0 fully saturated rings. The molecule has 7 nitrogen and oxygen atoms in total. The molecule has 9 heteroatoms. The molecule has 0 bridgehead atoms. The summed E-state index contributed by atoms with van der Waals surface area (Å²) >= 11 is 2.71. The molecular weight excluding hydrogens is 456 g/mol. The van der Waals surface area contributed by atoms with Crippen molar-refractivity contribution in [1.29, 1.82) is 5.41 Å². The highest BCUT2D eigenvalue weighted by atomic mass is 32.2. The number of carbonyl (C=O) groups excluding carboxylic acids is 1. The van der Waals surface area contributed by atoms with Crippen molar-refractivity contribution in [2.75, 3.05) is 6.61 Å². The molecule has 2 aliphatic rings. The fourth-order valence-electron chi connectivity index (χ4n) is 3.08. The van der Waals surface area contributed by atoms with Crippen LogP contribution < -0.4 is 4.74 Å². The van der Waals surface area contributed by atoms with Crippen LogP contribution in [0.25, 0.3) is 6.08 Å². The van der Waals surface area contributed by atoms with Gasteiger partial charge in [-0.3, -0.25) is 10.2 Å². The van der Waals surface area contributed by atoms with Crippen molar-refractivity contribution >= 4 is 51.6 Å². The molecule has 2 aliphatic heterocycles. The molecule has 2 aromatic carbocycles. The van der Waals surface area contributed by atoms with E-state index in [2.05, 4.69) is 10.1 Å². The summed E-state index contributed by atoms with van der Waals surface area (Å²) in [6.45, 7) is 2.26. The first-order valence-electron chi connectivity index (χ1n) is 10.1. The zero-order chi connectivity index (χ0) is 22.8. The Labute approximate surface area is 198 Å². The highest BCUT2D eigenvalue weighted by Crippen LogP contribution is 2.32. The number of hydrazone groups is 1. The zero-order valence-electron chi connectivity index (χ0n) is 17.5. The van der Waals surface area contributed by atoms with Gasteiger partial charge >= 0.3 is 0 Å². The number of aryl methyl sites for hydroxylation is 1. The summed E-state index contributed by atoms with van der Waals surface area (Å²) in [5.74, 6) is 0.649. The molecule has 0 unspecified atom stereocenters. The molecule has 164 valence electrons. The number of amidine groups is 2. The van der Waals surface area contributed by atoms with Crippen LogP contribution in [0.1, 0.15) is 11.3 Å². The zero-order valence-corrected chi connectivity index (χ0v) is 19.2. The van der Waals surface area contributed by atoms with Gasteiger partial charge in [-0.25, -0.2) is 0 Å². The Balaban J connectivity index is 1.30. The van der Waals surface area contributed by atoms with Crippen molar-refractivity contribution < 1.29 is 13.9 Å². The van der Waals surface area contributed by atoms with Gasteiger partial charge in [0.2, 0.25) is 5.17 Å². The van der Waals surface area contributed by atoms with Gasteiger partial charge in [-0.1, -0.05) is 47.7 Å². The van der Waals surface area contributed by atoms with E-state index in [4.69, 9.17) is 14.6 Å². The molecule has 1 N–H and O–H groups in total. The number of rotatable bonds is 6. The molecule has 0 saturated heterocycles. The molecular formula is C24H18N4O3S2. The van der Waals surface area contributed by atoms with Crippen LogP contribution in [0, 0.1) is 12.3 Å². The Kier molecular flexibility index (Phi) is 5.89. The van der Waals surface area contributed by atoms with Gasteiger partial charge in [0.05, 0.1) is 5.57 Å². The lowest BCUT2D eigenvalue weighted by molar-refractivity contribution is -0.114. The highest BCUT2D eigenvalue weighted by molar-refractivity contribution is 8.27. The second-order valence-corrected chi connectivity index (χ2v) is 9.31. The lowest BCUT2D eigenvalue weighted by Gasteiger charge is -2.19. The third-order valence-electron chi connectivity index (χ3n) is 4.73. The molecule has 1 aromatic heterocycles. The standard InChI is InChI=1S/C24H18N4O3S2/c1-15-7-10-18(11-8-15)32-21-12-9-17(31-21)13-19-22(25)28-24(26-23(19)29)33-20(27-28)14-30-16-5-3-2-4-6-16/h2-13,25H,14H2,1H3/b19-13+,25-22?. The number of amides is 1. The predicted octanol–water partition coefficient (Wildman–Crippen LogP) is 5.44. The Hall–Kier alpha value is -3.56. The first kappa shape index (κ1) is 21.3. The van der Waals surface area contributed by atoms with E-state index in [-0.39, 0.29) is 18.0 Å². The molecule has 5 rings (SSSR count). The van der Waals surface area contributed by atoms with Crippen LogP contribution >= 0.6 is 23.5 Å². The van der Waals surface area contributed by atoms with Crippen LogP contribution in [0.3, 0.4) is 0 Å². The summed E-state index contributed by atoms with van der Waals surface area (Å²) in [6.07, 6.45) is 1.53. The summed E-state index contributed by atoms with van der Waals surface area (Å²) in [6, 6.07) is 21.1. The van der Waals surface area contributed by atoms with Gasteiger partial charge in [-0.15, -0.1) is 0 Å². The highest BCUT2D eigenvalue weighted by Gasteiger charge is 2.36. The molecule has 3 heterocycles. The predicted molar refractivity (Wildman–Crippen MR) is 131 cm³/mol. The fourth-order valence-corrected chi connectivity index (χ4v) is 4.66. The van der Waals surface area contributed by atoms with Gasteiger partial charge in [-0.2, -0.15) is 15.1 Å². The van der Waals surface area contributed by atoms with Gasteiger partial charge in [0.1, 0.15) is 23.2 Å². The van der Waals surface area contributed by atoms with Crippen molar-refractivity contribution in [3.63, 3.8) is 0 Å². The molecule has 33 heavy (non-hydrogen) atoms. The first-order chi connectivity index (χ1) is 16.0. The second kappa shape index (κ2) is 9.13. The molecule has 0 spiro atoms. The Bertz CT molecular complexity index is 1310. The number of nitrogens with one attached hydrogen (secondary N) is 1. The van der Waals surface area contributed by atoms with Gasteiger partial charge in [0, 0.05) is 4.90 Å². The molecule has 1 amide bonds. The quantitative estimate of drug-likeness (QED) is 0.479. The number of para-hydroxylation sites is 1. The van der Waals surface area contributed by atoms with E-state index >= 15 is 0 Å². The maximum Gasteiger partial charge on any atom is 0.283 e. The van der Waals surface area contributed by atoms with E-state index in [0.717, 1.165) is 10.6 Å². The summed E-state index contributed by atoms with van der Waals surface area (Å²) in [4.78, 5) is 17.8. The van der Waals surface area contributed by atoms with Crippen molar-refractivity contribution in [3.8, 4) is 5.75 Å². The number of nitrogens with zero attached hydrogens (tertiary/aromatic N) is 3. The van der Waals surface area contributed by atoms with E-state index < -0.39 is 5.91 Å². The molecule has 3 aromatic rings. The molecule has 0 saturated carbocycles. The van der Waals surface area contributed by atoms with Crippen molar-refractivity contribution in [1.82, 2.24) is 5.01 Å². The number of hydrogen-bond donors (Lipinski definition) is 1. The lowest BCUT2D eigenvalue weighted by atomic mass is 10.1. The largest absolute Gasteiger partial charge is 0.487 e. The summed E-state index contributed by atoms with van der Waals surface area (Å²) in [5, 5.41) is 15.9. The summed E-state index contributed by atoms with van der Waals surface area (Å²) < 4.78 is 11.6.